The van der Waals surface area contributed by atoms with Gasteiger partial charge in [-0.15, -0.1) is 11.3 Å². The van der Waals surface area contributed by atoms with E-state index in [0.29, 0.717) is 5.25 Å². The predicted molar refractivity (Wildman–Crippen MR) is 73.2 cm³/mol. The zero-order valence-electron chi connectivity index (χ0n) is 9.19. The molecule has 0 N–H and O–H groups in total. The molecule has 0 radical (unpaired) electrons. The number of rotatable bonds is 5. The molecule has 15 heavy (non-hydrogen) atoms. The lowest BCUT2D eigenvalue weighted by atomic mass is 10.3. The van der Waals surface area contributed by atoms with Gasteiger partial charge < -0.3 is 0 Å². The first-order valence-electron chi connectivity index (χ1n) is 5.41. The molecule has 4 heteroatoms. The van der Waals surface area contributed by atoms with Crippen molar-refractivity contribution in [3.63, 3.8) is 0 Å². The van der Waals surface area contributed by atoms with Gasteiger partial charge in [-0.1, -0.05) is 13.8 Å². The Kier molecular flexibility index (Phi) is 4.02. The number of hydrogen-bond donors (Lipinski definition) is 1. The number of nitrogens with zero attached hydrogens (tertiary/aromatic N) is 1. The molecule has 2 rings (SSSR count). The van der Waals surface area contributed by atoms with Gasteiger partial charge in [-0.3, -0.25) is 0 Å². The number of hydrogen-bond acceptors (Lipinski definition) is 4. The molecule has 1 aliphatic rings. The van der Waals surface area contributed by atoms with Crippen molar-refractivity contribution in [1.82, 2.24) is 4.98 Å². The summed E-state index contributed by atoms with van der Waals surface area (Å²) in [6.45, 7) is 4.47. The lowest BCUT2D eigenvalue weighted by Crippen LogP contribution is -1.89. The van der Waals surface area contributed by atoms with Gasteiger partial charge >= 0.3 is 0 Å². The highest BCUT2D eigenvalue weighted by Gasteiger charge is 2.29. The summed E-state index contributed by atoms with van der Waals surface area (Å²) in [5.74, 6) is 2.69. The summed E-state index contributed by atoms with van der Waals surface area (Å²) in [7, 11) is 0. The van der Waals surface area contributed by atoms with Gasteiger partial charge in [0.15, 0.2) is 0 Å². The SMILES string of the molecule is CC(C)SCc1nc(C2CC2)c(CS)s1. The van der Waals surface area contributed by atoms with Gasteiger partial charge in [-0.05, 0) is 18.1 Å². The number of aromatic nitrogens is 1. The second-order valence-electron chi connectivity index (χ2n) is 4.21. The molecule has 1 saturated carbocycles. The third kappa shape index (κ3) is 3.14. The van der Waals surface area contributed by atoms with Crippen molar-refractivity contribution in [1.29, 1.82) is 0 Å². The molecule has 0 atom stereocenters. The van der Waals surface area contributed by atoms with Crippen molar-refractivity contribution in [2.45, 2.75) is 49.4 Å². The van der Waals surface area contributed by atoms with Crippen LogP contribution in [0.5, 0.6) is 0 Å². The van der Waals surface area contributed by atoms with Crippen molar-refractivity contribution in [3.8, 4) is 0 Å². The Balaban J connectivity index is 2.05. The van der Waals surface area contributed by atoms with E-state index in [1.54, 1.807) is 0 Å². The first-order chi connectivity index (χ1) is 7.20. The second-order valence-corrected chi connectivity index (χ2v) is 7.26. The summed E-state index contributed by atoms with van der Waals surface area (Å²) in [5.41, 5.74) is 1.36. The Bertz CT molecular complexity index is 329. The van der Waals surface area contributed by atoms with Gasteiger partial charge in [0.05, 0.1) is 5.69 Å². The van der Waals surface area contributed by atoms with E-state index in [2.05, 4.69) is 26.5 Å². The Morgan fingerprint density at radius 2 is 2.27 bits per heavy atom. The molecule has 0 amide bonds. The lowest BCUT2D eigenvalue weighted by Gasteiger charge is -2.00. The average Bonchev–Trinajstić information content (AvgIpc) is 2.96. The Morgan fingerprint density at radius 3 is 2.80 bits per heavy atom. The summed E-state index contributed by atoms with van der Waals surface area (Å²) < 4.78 is 0. The molecular weight excluding hydrogens is 242 g/mol. The van der Waals surface area contributed by atoms with Crippen molar-refractivity contribution >= 4 is 35.7 Å². The van der Waals surface area contributed by atoms with Crippen LogP contribution in [0.15, 0.2) is 0 Å². The number of thiol groups is 1. The summed E-state index contributed by atoms with van der Waals surface area (Å²) in [6.07, 6.45) is 2.67. The van der Waals surface area contributed by atoms with Crippen molar-refractivity contribution in [2.75, 3.05) is 0 Å². The molecule has 1 fully saturated rings. The average molecular weight is 259 g/mol. The van der Waals surface area contributed by atoms with Crippen LogP contribution < -0.4 is 0 Å². The fourth-order valence-electron chi connectivity index (χ4n) is 1.50. The van der Waals surface area contributed by atoms with Crippen molar-refractivity contribution in [2.24, 2.45) is 0 Å². The van der Waals surface area contributed by atoms with Gasteiger partial charge in [0.25, 0.3) is 0 Å². The van der Waals surface area contributed by atoms with Crippen LogP contribution in [-0.4, -0.2) is 10.2 Å². The highest BCUT2D eigenvalue weighted by molar-refractivity contribution is 7.99. The minimum absolute atomic E-state index is 0.692. The topological polar surface area (TPSA) is 12.9 Å². The van der Waals surface area contributed by atoms with Crippen LogP contribution in [0.25, 0.3) is 0 Å². The first kappa shape index (κ1) is 11.8. The smallest absolute Gasteiger partial charge is 0.103 e. The zero-order chi connectivity index (χ0) is 10.8. The third-order valence-electron chi connectivity index (χ3n) is 2.42. The molecule has 1 heterocycles. The normalized spacial score (nSPS) is 16.3. The molecule has 0 spiro atoms. The molecule has 1 aromatic heterocycles. The molecule has 0 aromatic carbocycles. The summed E-state index contributed by atoms with van der Waals surface area (Å²) >= 11 is 8.22. The van der Waals surface area contributed by atoms with E-state index in [1.165, 1.54) is 28.4 Å². The minimum Gasteiger partial charge on any atom is -0.245 e. The molecule has 0 bridgehead atoms. The van der Waals surface area contributed by atoms with Crippen molar-refractivity contribution in [3.05, 3.63) is 15.6 Å². The molecular formula is C11H17NS3. The standard InChI is InChI=1S/C11H17NS3/c1-7(2)14-6-10-12-11(8-3-4-8)9(5-13)15-10/h7-8,13H,3-6H2,1-2H3. The van der Waals surface area contributed by atoms with E-state index in [-0.39, 0.29) is 0 Å². The quantitative estimate of drug-likeness (QED) is 0.800. The first-order valence-corrected chi connectivity index (χ1v) is 7.91. The van der Waals surface area contributed by atoms with E-state index >= 15 is 0 Å². The highest BCUT2D eigenvalue weighted by atomic mass is 32.2. The van der Waals surface area contributed by atoms with Crippen LogP contribution in [-0.2, 0) is 11.5 Å². The van der Waals surface area contributed by atoms with Crippen LogP contribution in [0.1, 0.15) is 48.2 Å². The maximum atomic E-state index is 4.76. The molecule has 0 saturated heterocycles. The predicted octanol–water partition coefficient (Wildman–Crippen LogP) is 4.09. The summed E-state index contributed by atoms with van der Waals surface area (Å²) in [5, 5.41) is 1.98. The number of thioether (sulfide) groups is 1. The van der Waals surface area contributed by atoms with Crippen LogP contribution in [0.2, 0.25) is 0 Å². The van der Waals surface area contributed by atoms with Gasteiger partial charge in [0.2, 0.25) is 0 Å². The fourth-order valence-corrected chi connectivity index (χ4v) is 3.65. The van der Waals surface area contributed by atoms with E-state index in [4.69, 9.17) is 4.98 Å². The summed E-state index contributed by atoms with van der Waals surface area (Å²) in [6, 6.07) is 0. The lowest BCUT2D eigenvalue weighted by molar-refractivity contribution is 1.01. The maximum Gasteiger partial charge on any atom is 0.103 e. The Labute approximate surface area is 105 Å². The molecule has 84 valence electrons. The monoisotopic (exact) mass is 259 g/mol. The zero-order valence-corrected chi connectivity index (χ0v) is 11.7. The minimum atomic E-state index is 0.692. The second kappa shape index (κ2) is 5.11. The van der Waals surface area contributed by atoms with Gasteiger partial charge in [-0.25, -0.2) is 4.98 Å². The summed E-state index contributed by atoms with van der Waals surface area (Å²) in [4.78, 5) is 6.17. The Hall–Kier alpha value is 0.330. The largest absolute Gasteiger partial charge is 0.245 e. The molecule has 1 aromatic rings. The third-order valence-corrected chi connectivity index (χ3v) is 5.31. The van der Waals surface area contributed by atoms with Crippen LogP contribution >= 0.6 is 35.7 Å². The van der Waals surface area contributed by atoms with E-state index < -0.39 is 0 Å². The molecule has 1 nitrogen and oxygen atoms in total. The fraction of sp³-hybridized carbons (Fsp3) is 0.727. The van der Waals surface area contributed by atoms with Crippen LogP contribution in [0.4, 0.5) is 0 Å². The van der Waals surface area contributed by atoms with Gasteiger partial charge in [0, 0.05) is 22.3 Å². The van der Waals surface area contributed by atoms with Crippen LogP contribution in [0.3, 0.4) is 0 Å². The van der Waals surface area contributed by atoms with E-state index in [9.17, 15) is 0 Å². The Morgan fingerprint density at radius 1 is 1.53 bits per heavy atom. The molecule has 1 aliphatic carbocycles. The van der Waals surface area contributed by atoms with Crippen molar-refractivity contribution < 1.29 is 0 Å². The molecule has 0 unspecified atom stereocenters. The van der Waals surface area contributed by atoms with Crippen LogP contribution in [0, 0.1) is 0 Å². The van der Waals surface area contributed by atoms with E-state index in [0.717, 1.165) is 17.4 Å². The maximum absolute atomic E-state index is 4.76. The number of thiazole rings is 1. The van der Waals surface area contributed by atoms with Gasteiger partial charge in [-0.2, -0.15) is 24.4 Å². The van der Waals surface area contributed by atoms with Gasteiger partial charge in [0.1, 0.15) is 5.01 Å². The molecule has 0 aliphatic heterocycles. The van der Waals surface area contributed by atoms with E-state index in [1.807, 2.05) is 23.1 Å². The highest BCUT2D eigenvalue weighted by Crippen LogP contribution is 2.43.